The van der Waals surface area contributed by atoms with Gasteiger partial charge in [-0.15, -0.1) is 0 Å². The summed E-state index contributed by atoms with van der Waals surface area (Å²) in [5, 5.41) is 0. The molecule has 3 rings (SSSR count). The zero-order valence-corrected chi connectivity index (χ0v) is 18.2. The molecule has 1 amide bonds. The smallest absolute Gasteiger partial charge is 0.289 e. The summed E-state index contributed by atoms with van der Waals surface area (Å²) in [5.41, 5.74) is 12.6. The molecule has 0 saturated heterocycles. The van der Waals surface area contributed by atoms with Gasteiger partial charge in [0, 0.05) is 18.1 Å². The van der Waals surface area contributed by atoms with Crippen LogP contribution >= 0.6 is 0 Å². The number of nitrogens with one attached hydrogen (secondary N) is 2. The molecule has 0 spiro atoms. The summed E-state index contributed by atoms with van der Waals surface area (Å²) in [7, 11) is 0. The van der Waals surface area contributed by atoms with Gasteiger partial charge in [-0.25, -0.2) is 4.98 Å². The molecule has 0 unspecified atom stereocenters. The molecule has 0 saturated carbocycles. The van der Waals surface area contributed by atoms with Gasteiger partial charge in [-0.3, -0.25) is 20.6 Å². The number of carbonyl (C=O) groups is 1. The molecule has 4 N–H and O–H groups in total. The molecule has 0 fully saturated rings. The zero-order chi connectivity index (χ0) is 22.6. The number of amides is 1. The largest absolute Gasteiger partial charge is 0.491 e. The Bertz CT molecular complexity index is 914. The van der Waals surface area contributed by atoms with Crippen LogP contribution in [0.4, 0.5) is 11.4 Å². The number of ether oxygens (including phenoxy) is 2. The number of nitrogens with zero attached hydrogens (tertiary/aromatic N) is 2. The van der Waals surface area contributed by atoms with Crippen molar-refractivity contribution in [2.24, 2.45) is 0 Å². The lowest BCUT2D eigenvalue weighted by Crippen LogP contribution is -2.30. The summed E-state index contributed by atoms with van der Waals surface area (Å²) in [4.78, 5) is 19.5. The van der Waals surface area contributed by atoms with E-state index in [0.29, 0.717) is 0 Å². The van der Waals surface area contributed by atoms with Crippen molar-refractivity contribution in [1.29, 1.82) is 0 Å². The van der Waals surface area contributed by atoms with Crippen molar-refractivity contribution in [2.45, 2.75) is 39.9 Å². The number of nitrogens with two attached hydrogens (primary N) is 1. The number of anilines is 2. The minimum absolute atomic E-state index is 0.130. The predicted octanol–water partition coefficient (Wildman–Crippen LogP) is 4.08. The standard InChI is InChI=1S/C14H16N4O2.C9H13NO/c1-10(2)20-12-5-3-11(4-6-12)17-18-14(19)13-9-15-7-8-16-13;1-7(2)11-9-5-3-8(10)4-6-9/h3-10,17H,1-2H3,(H,18,19);3-7H,10H2,1-2H3. The topological polar surface area (TPSA) is 111 Å². The van der Waals surface area contributed by atoms with E-state index in [2.05, 4.69) is 20.8 Å². The second-order valence-electron chi connectivity index (χ2n) is 7.10. The van der Waals surface area contributed by atoms with Crippen LogP contribution in [0.15, 0.2) is 67.1 Å². The summed E-state index contributed by atoms with van der Waals surface area (Å²) < 4.78 is 10.9. The number of hydrogen-bond donors (Lipinski definition) is 3. The Hall–Kier alpha value is -3.81. The molecule has 164 valence electrons. The fourth-order valence-electron chi connectivity index (χ4n) is 2.32. The molecular weight excluding hydrogens is 394 g/mol. The van der Waals surface area contributed by atoms with E-state index < -0.39 is 0 Å². The molecule has 0 bridgehead atoms. The average molecular weight is 424 g/mol. The van der Waals surface area contributed by atoms with Gasteiger partial charge in [-0.2, -0.15) is 0 Å². The van der Waals surface area contributed by atoms with Crippen LogP contribution in [-0.4, -0.2) is 28.1 Å². The molecule has 8 nitrogen and oxygen atoms in total. The van der Waals surface area contributed by atoms with Crippen LogP contribution in [0, 0.1) is 0 Å². The highest BCUT2D eigenvalue weighted by Crippen LogP contribution is 2.16. The Morgan fingerprint density at radius 1 is 0.871 bits per heavy atom. The maximum absolute atomic E-state index is 11.7. The van der Waals surface area contributed by atoms with E-state index in [1.165, 1.54) is 18.6 Å². The normalized spacial score (nSPS) is 10.1. The maximum atomic E-state index is 11.7. The van der Waals surface area contributed by atoms with E-state index in [4.69, 9.17) is 15.2 Å². The Morgan fingerprint density at radius 3 is 1.90 bits per heavy atom. The lowest BCUT2D eigenvalue weighted by Gasteiger charge is -2.11. The molecule has 1 aromatic heterocycles. The summed E-state index contributed by atoms with van der Waals surface area (Å²) >= 11 is 0. The molecule has 0 atom stereocenters. The Balaban J connectivity index is 0.000000262. The molecule has 0 aliphatic heterocycles. The third kappa shape index (κ3) is 9.03. The summed E-state index contributed by atoms with van der Waals surface area (Å²) in [6.45, 7) is 7.92. The van der Waals surface area contributed by atoms with Gasteiger partial charge in [0.2, 0.25) is 0 Å². The first-order chi connectivity index (χ1) is 14.8. The minimum atomic E-state index is -0.347. The van der Waals surface area contributed by atoms with E-state index in [-0.39, 0.29) is 23.8 Å². The van der Waals surface area contributed by atoms with Gasteiger partial charge in [0.15, 0.2) is 0 Å². The highest BCUT2D eigenvalue weighted by atomic mass is 16.5. The van der Waals surface area contributed by atoms with Gasteiger partial charge in [-0.05, 0) is 76.2 Å². The van der Waals surface area contributed by atoms with Crippen molar-refractivity contribution < 1.29 is 14.3 Å². The van der Waals surface area contributed by atoms with Crippen molar-refractivity contribution in [1.82, 2.24) is 15.4 Å². The zero-order valence-electron chi connectivity index (χ0n) is 18.2. The van der Waals surface area contributed by atoms with Crippen LogP contribution in [0.25, 0.3) is 0 Å². The van der Waals surface area contributed by atoms with Crippen molar-refractivity contribution in [3.05, 3.63) is 72.8 Å². The van der Waals surface area contributed by atoms with Gasteiger partial charge >= 0.3 is 0 Å². The van der Waals surface area contributed by atoms with Crippen LogP contribution in [-0.2, 0) is 0 Å². The number of benzene rings is 2. The monoisotopic (exact) mass is 423 g/mol. The van der Waals surface area contributed by atoms with Crippen molar-refractivity contribution in [3.8, 4) is 11.5 Å². The lowest BCUT2D eigenvalue weighted by molar-refractivity contribution is 0.0957. The highest BCUT2D eigenvalue weighted by molar-refractivity contribution is 5.92. The number of hydrazine groups is 1. The third-order valence-electron chi connectivity index (χ3n) is 3.59. The molecule has 2 aromatic carbocycles. The van der Waals surface area contributed by atoms with Gasteiger partial charge < -0.3 is 15.2 Å². The minimum Gasteiger partial charge on any atom is -0.491 e. The molecule has 0 aliphatic rings. The summed E-state index contributed by atoms with van der Waals surface area (Å²) in [6, 6.07) is 14.7. The molecule has 0 aliphatic carbocycles. The van der Waals surface area contributed by atoms with Gasteiger partial charge in [0.05, 0.1) is 24.1 Å². The summed E-state index contributed by atoms with van der Waals surface area (Å²) in [5.74, 6) is 1.31. The van der Waals surface area contributed by atoms with E-state index in [0.717, 1.165) is 22.9 Å². The third-order valence-corrected chi connectivity index (χ3v) is 3.59. The van der Waals surface area contributed by atoms with E-state index in [1.54, 1.807) is 0 Å². The number of aromatic nitrogens is 2. The van der Waals surface area contributed by atoms with Gasteiger partial charge in [0.1, 0.15) is 17.2 Å². The quantitative estimate of drug-likeness (QED) is 0.388. The Labute approximate surface area is 182 Å². The maximum Gasteiger partial charge on any atom is 0.289 e. The number of hydrogen-bond acceptors (Lipinski definition) is 7. The van der Waals surface area contributed by atoms with Crippen LogP contribution in [0.3, 0.4) is 0 Å². The van der Waals surface area contributed by atoms with Crippen LogP contribution < -0.4 is 26.1 Å². The van der Waals surface area contributed by atoms with E-state index in [9.17, 15) is 4.79 Å². The Kier molecular flexibility index (Phi) is 9.10. The number of nitrogen functional groups attached to an aromatic ring is 1. The molecule has 0 radical (unpaired) electrons. The second kappa shape index (κ2) is 12.0. The van der Waals surface area contributed by atoms with Gasteiger partial charge in [-0.1, -0.05) is 0 Å². The Morgan fingerprint density at radius 2 is 1.42 bits per heavy atom. The summed E-state index contributed by atoms with van der Waals surface area (Å²) in [6.07, 6.45) is 4.73. The first-order valence-corrected chi connectivity index (χ1v) is 9.94. The van der Waals surface area contributed by atoms with Crippen molar-refractivity contribution in [2.75, 3.05) is 11.2 Å². The lowest BCUT2D eigenvalue weighted by atomic mass is 10.3. The predicted molar refractivity (Wildman–Crippen MR) is 122 cm³/mol. The first kappa shape index (κ1) is 23.5. The number of rotatable bonds is 7. The molecule has 31 heavy (non-hydrogen) atoms. The number of carbonyl (C=O) groups excluding carboxylic acids is 1. The molecular formula is C23H29N5O3. The highest BCUT2D eigenvalue weighted by Gasteiger charge is 2.06. The molecule has 8 heteroatoms. The van der Waals surface area contributed by atoms with E-state index in [1.807, 2.05) is 76.2 Å². The van der Waals surface area contributed by atoms with Crippen LogP contribution in [0.5, 0.6) is 11.5 Å². The van der Waals surface area contributed by atoms with E-state index >= 15 is 0 Å². The second-order valence-corrected chi connectivity index (χ2v) is 7.10. The fourth-order valence-corrected chi connectivity index (χ4v) is 2.32. The van der Waals surface area contributed by atoms with Gasteiger partial charge in [0.25, 0.3) is 5.91 Å². The SMILES string of the molecule is CC(C)Oc1ccc(N)cc1.CC(C)Oc1ccc(NNC(=O)c2cnccn2)cc1. The molecule has 1 heterocycles. The average Bonchev–Trinajstić information content (AvgIpc) is 2.75. The first-order valence-electron chi connectivity index (χ1n) is 9.94. The molecule has 3 aromatic rings. The fraction of sp³-hybridized carbons (Fsp3) is 0.261. The van der Waals surface area contributed by atoms with Crippen LogP contribution in [0.2, 0.25) is 0 Å². The van der Waals surface area contributed by atoms with Crippen LogP contribution in [0.1, 0.15) is 38.2 Å². The van der Waals surface area contributed by atoms with Crippen molar-refractivity contribution in [3.63, 3.8) is 0 Å². The van der Waals surface area contributed by atoms with Crippen molar-refractivity contribution >= 4 is 17.3 Å².